The van der Waals surface area contributed by atoms with Crippen LogP contribution in [-0.2, 0) is 0 Å². The van der Waals surface area contributed by atoms with E-state index in [1.807, 2.05) is 17.0 Å². The number of fused-ring (bicyclic) bond motifs is 3. The van der Waals surface area contributed by atoms with E-state index in [0.717, 1.165) is 29.6 Å². The van der Waals surface area contributed by atoms with Crippen LogP contribution in [0.4, 0.5) is 5.95 Å². The summed E-state index contributed by atoms with van der Waals surface area (Å²) in [5.41, 5.74) is 2.11. The van der Waals surface area contributed by atoms with Gasteiger partial charge in [0.2, 0.25) is 5.95 Å². The molecule has 0 saturated carbocycles. The lowest BCUT2D eigenvalue weighted by Gasteiger charge is -2.30. The molecule has 2 unspecified atom stereocenters. The molecule has 0 radical (unpaired) electrons. The molecule has 2 N–H and O–H groups in total. The second kappa shape index (κ2) is 5.94. The van der Waals surface area contributed by atoms with Crippen molar-refractivity contribution in [2.45, 2.75) is 68.7 Å². The van der Waals surface area contributed by atoms with Gasteiger partial charge in [-0.1, -0.05) is 25.6 Å². The molecule has 2 saturated heterocycles. The summed E-state index contributed by atoms with van der Waals surface area (Å²) in [5, 5.41) is 12.7. The molecule has 0 spiro atoms. The molecule has 23 heavy (non-hydrogen) atoms. The first-order chi connectivity index (χ1) is 11.1. The van der Waals surface area contributed by atoms with Crippen LogP contribution in [0, 0.1) is 0 Å². The van der Waals surface area contributed by atoms with Crippen molar-refractivity contribution in [2.24, 2.45) is 0 Å². The second-order valence-electron chi connectivity index (χ2n) is 6.97. The Labute approximate surface area is 140 Å². The summed E-state index contributed by atoms with van der Waals surface area (Å²) in [6.07, 6.45) is 8.88. The summed E-state index contributed by atoms with van der Waals surface area (Å²) < 4.78 is 1.87. The minimum atomic E-state index is 0.402. The van der Waals surface area contributed by atoms with Crippen molar-refractivity contribution in [2.75, 3.05) is 11.6 Å². The van der Waals surface area contributed by atoms with Crippen molar-refractivity contribution in [1.82, 2.24) is 24.9 Å². The molecule has 2 aromatic rings. The molecule has 0 aliphatic carbocycles. The molecule has 124 valence electrons. The van der Waals surface area contributed by atoms with E-state index in [1.165, 1.54) is 18.4 Å². The van der Waals surface area contributed by atoms with Crippen LogP contribution in [0.25, 0.3) is 5.65 Å². The van der Waals surface area contributed by atoms with E-state index in [1.54, 1.807) is 11.8 Å². The normalized spacial score (nSPS) is 27.0. The monoisotopic (exact) mass is 332 g/mol. The van der Waals surface area contributed by atoms with Gasteiger partial charge in [0.05, 0.1) is 6.20 Å². The van der Waals surface area contributed by atoms with Crippen molar-refractivity contribution in [3.63, 3.8) is 0 Å². The quantitative estimate of drug-likeness (QED) is 0.839. The van der Waals surface area contributed by atoms with Gasteiger partial charge in [-0.3, -0.25) is 0 Å². The lowest BCUT2D eigenvalue weighted by atomic mass is 10.0. The second-order valence-corrected chi connectivity index (χ2v) is 7.75. The van der Waals surface area contributed by atoms with E-state index < -0.39 is 0 Å². The molecule has 2 bridgehead atoms. The lowest BCUT2D eigenvalue weighted by Crippen LogP contribution is -2.43. The summed E-state index contributed by atoms with van der Waals surface area (Å²) >= 11 is 1.58. The van der Waals surface area contributed by atoms with Gasteiger partial charge in [0, 0.05) is 23.7 Å². The number of rotatable bonds is 4. The standard InChI is InChI=1S/C16H24N6S/c1-9(2)13-8-17-22-14(13)20-16(23-3)21-15(22)19-12-6-10-4-5-11(7-12)18-10/h8-12,18H,4-7H2,1-3H3,(H,19,20,21). The molecular weight excluding hydrogens is 308 g/mol. The van der Waals surface area contributed by atoms with Crippen molar-refractivity contribution in [1.29, 1.82) is 0 Å². The highest BCUT2D eigenvalue weighted by Crippen LogP contribution is 2.29. The molecule has 7 heteroatoms. The summed E-state index contributed by atoms with van der Waals surface area (Å²) in [4.78, 5) is 9.35. The molecule has 4 rings (SSSR count). The highest BCUT2D eigenvalue weighted by atomic mass is 32.2. The van der Waals surface area contributed by atoms with Crippen molar-refractivity contribution in [3.05, 3.63) is 11.8 Å². The van der Waals surface area contributed by atoms with Crippen LogP contribution in [0.15, 0.2) is 11.4 Å². The Morgan fingerprint density at radius 3 is 2.65 bits per heavy atom. The maximum absolute atomic E-state index is 4.68. The molecule has 2 aliphatic rings. The Kier molecular flexibility index (Phi) is 3.93. The first kappa shape index (κ1) is 15.2. The number of hydrogen-bond donors (Lipinski definition) is 2. The third-order valence-electron chi connectivity index (χ3n) is 4.99. The van der Waals surface area contributed by atoms with E-state index in [-0.39, 0.29) is 0 Å². The van der Waals surface area contributed by atoms with Gasteiger partial charge in [-0.15, -0.1) is 0 Å². The Morgan fingerprint density at radius 2 is 2.00 bits per heavy atom. The van der Waals surface area contributed by atoms with Crippen molar-refractivity contribution in [3.8, 4) is 0 Å². The largest absolute Gasteiger partial charge is 0.351 e. The highest BCUT2D eigenvalue weighted by molar-refractivity contribution is 7.98. The predicted molar refractivity (Wildman–Crippen MR) is 93.2 cm³/mol. The molecular formula is C16H24N6S. The fourth-order valence-electron chi connectivity index (χ4n) is 3.82. The van der Waals surface area contributed by atoms with Crippen LogP contribution < -0.4 is 10.6 Å². The zero-order valence-electron chi connectivity index (χ0n) is 13.9. The summed E-state index contributed by atoms with van der Waals surface area (Å²) in [6.45, 7) is 4.35. The Hall–Kier alpha value is -1.34. The van der Waals surface area contributed by atoms with Gasteiger partial charge in [0.25, 0.3) is 0 Å². The molecule has 4 heterocycles. The molecule has 0 amide bonds. The molecule has 2 aromatic heterocycles. The molecule has 6 nitrogen and oxygen atoms in total. The van der Waals surface area contributed by atoms with Crippen LogP contribution in [-0.4, -0.2) is 44.0 Å². The maximum atomic E-state index is 4.68. The van der Waals surface area contributed by atoms with Gasteiger partial charge >= 0.3 is 0 Å². The van der Waals surface area contributed by atoms with Gasteiger partial charge < -0.3 is 10.6 Å². The van der Waals surface area contributed by atoms with Gasteiger partial charge in [0.1, 0.15) is 0 Å². The number of piperidine rings is 1. The number of thioether (sulfide) groups is 1. The zero-order chi connectivity index (χ0) is 16.0. The van der Waals surface area contributed by atoms with E-state index in [4.69, 9.17) is 0 Å². The first-order valence-electron chi connectivity index (χ1n) is 8.46. The number of hydrogen-bond acceptors (Lipinski definition) is 6. The minimum Gasteiger partial charge on any atom is -0.351 e. The average molecular weight is 332 g/mol. The van der Waals surface area contributed by atoms with Crippen LogP contribution in [0.3, 0.4) is 0 Å². The number of nitrogens with zero attached hydrogens (tertiary/aromatic N) is 4. The number of anilines is 1. The molecule has 0 aromatic carbocycles. The molecule has 2 atom stereocenters. The lowest BCUT2D eigenvalue weighted by molar-refractivity contribution is 0.376. The number of aromatic nitrogens is 4. The first-order valence-corrected chi connectivity index (χ1v) is 9.68. The average Bonchev–Trinajstić information content (AvgIpc) is 3.10. The summed E-state index contributed by atoms with van der Waals surface area (Å²) in [6, 6.07) is 1.79. The van der Waals surface area contributed by atoms with E-state index in [2.05, 4.69) is 39.5 Å². The van der Waals surface area contributed by atoms with E-state index in [0.29, 0.717) is 24.0 Å². The summed E-state index contributed by atoms with van der Waals surface area (Å²) in [5.74, 6) is 1.23. The zero-order valence-corrected chi connectivity index (χ0v) is 14.7. The van der Waals surface area contributed by atoms with E-state index in [9.17, 15) is 0 Å². The predicted octanol–water partition coefficient (Wildman–Crippen LogP) is 2.66. The fourth-order valence-corrected chi connectivity index (χ4v) is 4.18. The van der Waals surface area contributed by atoms with Crippen LogP contribution in [0.2, 0.25) is 0 Å². The van der Waals surface area contributed by atoms with Crippen LogP contribution in [0.1, 0.15) is 51.0 Å². The third kappa shape index (κ3) is 2.80. The molecule has 2 aliphatic heterocycles. The Morgan fingerprint density at radius 1 is 1.26 bits per heavy atom. The fraction of sp³-hybridized carbons (Fsp3) is 0.688. The summed E-state index contributed by atoms with van der Waals surface area (Å²) in [7, 11) is 0. The van der Waals surface area contributed by atoms with Crippen LogP contribution >= 0.6 is 11.8 Å². The SMILES string of the molecule is CSc1nc(NC2CC3CCC(C2)N3)n2ncc(C(C)C)c2n1. The van der Waals surface area contributed by atoms with Crippen molar-refractivity contribution < 1.29 is 0 Å². The third-order valence-corrected chi connectivity index (χ3v) is 5.53. The van der Waals surface area contributed by atoms with Gasteiger partial charge in [-0.2, -0.15) is 14.6 Å². The van der Waals surface area contributed by atoms with Gasteiger partial charge in [-0.05, 0) is 37.9 Å². The van der Waals surface area contributed by atoms with Crippen LogP contribution in [0.5, 0.6) is 0 Å². The highest BCUT2D eigenvalue weighted by Gasteiger charge is 2.34. The van der Waals surface area contributed by atoms with Crippen molar-refractivity contribution >= 4 is 23.4 Å². The van der Waals surface area contributed by atoms with Gasteiger partial charge in [-0.25, -0.2) is 4.98 Å². The smallest absolute Gasteiger partial charge is 0.228 e. The van der Waals surface area contributed by atoms with Gasteiger partial charge in [0.15, 0.2) is 10.8 Å². The molecule has 2 fully saturated rings. The topological polar surface area (TPSA) is 67.1 Å². The number of nitrogens with one attached hydrogen (secondary N) is 2. The maximum Gasteiger partial charge on any atom is 0.228 e. The van der Waals surface area contributed by atoms with E-state index >= 15 is 0 Å². The Bertz CT molecular complexity index is 700. The Balaban J connectivity index is 1.68. The minimum absolute atomic E-state index is 0.402.